The molecule has 3 aromatic rings. The molecular weight excluding hydrogens is 452 g/mol. The minimum Gasteiger partial charge on any atom is -0.380 e. The Morgan fingerprint density at radius 1 is 1.18 bits per heavy atom. The molecule has 0 saturated carbocycles. The van der Waals surface area contributed by atoms with Gasteiger partial charge in [0.2, 0.25) is 10.0 Å². The molecule has 5 rings (SSSR count). The first kappa shape index (κ1) is 22.5. The molecule has 9 nitrogen and oxygen atoms in total. The Bertz CT molecular complexity index is 1310. The average molecular weight is 483 g/mol. The van der Waals surface area contributed by atoms with Crippen LogP contribution in [0.3, 0.4) is 0 Å². The van der Waals surface area contributed by atoms with Crippen molar-refractivity contribution in [2.24, 2.45) is 0 Å². The number of H-pyrrole nitrogens is 1. The van der Waals surface area contributed by atoms with Gasteiger partial charge in [0.15, 0.2) is 5.82 Å². The van der Waals surface area contributed by atoms with Gasteiger partial charge in [0.05, 0.1) is 17.1 Å². The molecule has 2 aromatic heterocycles. The van der Waals surface area contributed by atoms with Crippen LogP contribution in [-0.2, 0) is 14.8 Å². The topological polar surface area (TPSA) is 102 Å². The second-order valence-electron chi connectivity index (χ2n) is 9.18. The van der Waals surface area contributed by atoms with Crippen LogP contribution in [0.4, 0.5) is 23.0 Å². The zero-order valence-corrected chi connectivity index (χ0v) is 20.3. The Hall–Kier alpha value is -3.27. The summed E-state index contributed by atoms with van der Waals surface area (Å²) in [5, 5.41) is 4.36. The van der Waals surface area contributed by atoms with Gasteiger partial charge in [0.1, 0.15) is 18.1 Å². The van der Waals surface area contributed by atoms with Crippen molar-refractivity contribution < 1.29 is 13.2 Å². The molecule has 2 N–H and O–H groups in total. The maximum Gasteiger partial charge on any atom is 0.235 e. The zero-order valence-electron chi connectivity index (χ0n) is 19.4. The first-order chi connectivity index (χ1) is 16.4. The van der Waals surface area contributed by atoms with Crippen LogP contribution in [0.1, 0.15) is 20.3 Å². The number of aromatic nitrogens is 2. The van der Waals surface area contributed by atoms with Gasteiger partial charge in [-0.3, -0.25) is 4.31 Å². The van der Waals surface area contributed by atoms with E-state index in [4.69, 9.17) is 0 Å². The monoisotopic (exact) mass is 482 g/mol. The summed E-state index contributed by atoms with van der Waals surface area (Å²) in [6.45, 7) is 6.59. The summed E-state index contributed by atoms with van der Waals surface area (Å²) in [7, 11) is -3.23. The Morgan fingerprint density at radius 2 is 2.03 bits per heavy atom. The third-order valence-corrected chi connectivity index (χ3v) is 8.26. The highest BCUT2D eigenvalue weighted by Gasteiger charge is 2.31. The van der Waals surface area contributed by atoms with Gasteiger partial charge in [-0.15, -0.1) is 0 Å². The van der Waals surface area contributed by atoms with Crippen LogP contribution in [0, 0.1) is 0 Å². The number of fused-ring (bicyclic) bond motifs is 1. The summed E-state index contributed by atoms with van der Waals surface area (Å²) >= 11 is 0. The minimum absolute atomic E-state index is 0.194. The van der Waals surface area contributed by atoms with E-state index in [1.807, 2.05) is 36.4 Å². The molecule has 0 aliphatic carbocycles. The number of hydrogen-bond acceptors (Lipinski definition) is 7. The van der Waals surface area contributed by atoms with Crippen molar-refractivity contribution in [3.8, 4) is 0 Å². The molecule has 4 heterocycles. The molecule has 2 aliphatic heterocycles. The van der Waals surface area contributed by atoms with E-state index < -0.39 is 10.0 Å². The highest BCUT2D eigenvalue weighted by atomic mass is 32.2. The lowest BCUT2D eigenvalue weighted by Gasteiger charge is -2.40. The predicted molar refractivity (Wildman–Crippen MR) is 136 cm³/mol. The van der Waals surface area contributed by atoms with Gasteiger partial charge in [-0.1, -0.05) is 0 Å². The fourth-order valence-corrected chi connectivity index (χ4v) is 6.39. The van der Waals surface area contributed by atoms with Crippen LogP contribution in [0.2, 0.25) is 0 Å². The Balaban J connectivity index is 1.39. The van der Waals surface area contributed by atoms with Crippen LogP contribution >= 0.6 is 0 Å². The number of nitrogens with zero attached hydrogens (tertiary/aromatic N) is 4. The first-order valence-corrected chi connectivity index (χ1v) is 13.3. The number of rotatable bonds is 6. The largest absolute Gasteiger partial charge is 0.380 e. The fraction of sp³-hybridized carbons (Fsp3) is 0.417. The summed E-state index contributed by atoms with van der Waals surface area (Å²) in [5.41, 5.74) is 2.56. The normalized spacial score (nSPS) is 20.3. The second kappa shape index (κ2) is 8.83. The SMILES string of the molecule is CC(C)Nc1cccnc1N1CCN(c2cc3cc(N4CCCS4(=O)=O)ccc3[nH]2)C(C=O)C1. The van der Waals surface area contributed by atoms with Gasteiger partial charge in [0, 0.05) is 49.3 Å². The van der Waals surface area contributed by atoms with Gasteiger partial charge >= 0.3 is 0 Å². The van der Waals surface area contributed by atoms with Gasteiger partial charge in [-0.2, -0.15) is 0 Å². The van der Waals surface area contributed by atoms with E-state index in [0.29, 0.717) is 31.7 Å². The summed E-state index contributed by atoms with van der Waals surface area (Å²) in [6.07, 6.45) is 3.41. The maximum absolute atomic E-state index is 12.3. The van der Waals surface area contributed by atoms with E-state index in [1.165, 1.54) is 4.31 Å². The van der Waals surface area contributed by atoms with Gasteiger partial charge in [0.25, 0.3) is 0 Å². The number of carbonyl (C=O) groups excluding carboxylic acids is 1. The molecule has 34 heavy (non-hydrogen) atoms. The predicted octanol–water partition coefficient (Wildman–Crippen LogP) is 2.82. The average Bonchev–Trinajstić information content (AvgIpc) is 3.40. The molecule has 10 heteroatoms. The quantitative estimate of drug-likeness (QED) is 0.521. The van der Waals surface area contributed by atoms with Crippen molar-refractivity contribution in [1.29, 1.82) is 0 Å². The summed E-state index contributed by atoms with van der Waals surface area (Å²) in [4.78, 5) is 24.3. The maximum atomic E-state index is 12.3. The van der Waals surface area contributed by atoms with Gasteiger partial charge in [-0.25, -0.2) is 13.4 Å². The summed E-state index contributed by atoms with van der Waals surface area (Å²) in [5.74, 6) is 1.91. The molecule has 0 radical (unpaired) electrons. The van der Waals surface area contributed by atoms with Gasteiger partial charge in [-0.05, 0) is 56.7 Å². The molecule has 2 saturated heterocycles. The number of piperazine rings is 1. The van der Waals surface area contributed by atoms with E-state index in [0.717, 1.165) is 41.1 Å². The number of anilines is 4. The number of pyridine rings is 1. The fourth-order valence-electron chi connectivity index (χ4n) is 4.83. The van der Waals surface area contributed by atoms with E-state index in [2.05, 4.69) is 38.9 Å². The van der Waals surface area contributed by atoms with Crippen LogP contribution in [-0.4, -0.2) is 68.7 Å². The van der Waals surface area contributed by atoms with Crippen molar-refractivity contribution >= 4 is 50.2 Å². The minimum atomic E-state index is -3.23. The van der Waals surface area contributed by atoms with Crippen LogP contribution in [0.5, 0.6) is 0 Å². The molecule has 2 aliphatic rings. The lowest BCUT2D eigenvalue weighted by atomic mass is 10.1. The number of hydrogen-bond donors (Lipinski definition) is 2. The number of nitrogens with one attached hydrogen (secondary N) is 2. The van der Waals surface area contributed by atoms with Crippen LogP contribution < -0.4 is 19.4 Å². The second-order valence-corrected chi connectivity index (χ2v) is 11.2. The highest BCUT2D eigenvalue weighted by molar-refractivity contribution is 7.93. The number of aldehydes is 1. The molecule has 0 amide bonds. The number of benzene rings is 1. The smallest absolute Gasteiger partial charge is 0.235 e. The third-order valence-electron chi connectivity index (χ3n) is 6.39. The van der Waals surface area contributed by atoms with Gasteiger partial charge < -0.3 is 24.9 Å². The van der Waals surface area contributed by atoms with Crippen molar-refractivity contribution in [2.75, 3.05) is 51.4 Å². The Morgan fingerprint density at radius 3 is 2.76 bits per heavy atom. The number of sulfonamides is 1. The molecule has 1 unspecified atom stereocenters. The van der Waals surface area contributed by atoms with Crippen LogP contribution in [0.25, 0.3) is 10.9 Å². The molecule has 0 spiro atoms. The summed E-state index contributed by atoms with van der Waals surface area (Å²) < 4.78 is 26.1. The Labute approximate surface area is 199 Å². The van der Waals surface area contributed by atoms with Crippen molar-refractivity contribution in [3.05, 3.63) is 42.6 Å². The molecule has 180 valence electrons. The van der Waals surface area contributed by atoms with E-state index >= 15 is 0 Å². The Kier molecular flexibility index (Phi) is 5.85. The molecule has 1 aromatic carbocycles. The van der Waals surface area contributed by atoms with E-state index in [-0.39, 0.29) is 17.8 Å². The molecule has 2 fully saturated rings. The van der Waals surface area contributed by atoms with Crippen molar-refractivity contribution in [2.45, 2.75) is 32.4 Å². The van der Waals surface area contributed by atoms with Crippen molar-refractivity contribution in [1.82, 2.24) is 9.97 Å². The molecule has 0 bridgehead atoms. The van der Waals surface area contributed by atoms with Crippen LogP contribution in [0.15, 0.2) is 42.6 Å². The zero-order chi connectivity index (χ0) is 23.9. The lowest BCUT2D eigenvalue weighted by Crippen LogP contribution is -2.54. The molecular formula is C24H30N6O3S. The number of aromatic amines is 1. The van der Waals surface area contributed by atoms with E-state index in [9.17, 15) is 13.2 Å². The standard InChI is InChI=1S/C24H30N6O3S/c1-17(2)26-22-5-3-8-25-24(22)28-10-11-29(20(15-28)16-31)23-14-18-13-19(6-7-21(18)27-23)30-9-4-12-34(30,32)33/h3,5-8,13-14,16-17,20,26-27H,4,9-12,15H2,1-2H3. The first-order valence-electron chi connectivity index (χ1n) is 11.7. The third kappa shape index (κ3) is 4.18. The number of carbonyl (C=O) groups is 1. The summed E-state index contributed by atoms with van der Waals surface area (Å²) in [6, 6.07) is 11.5. The molecule has 1 atom stereocenters. The van der Waals surface area contributed by atoms with Crippen molar-refractivity contribution in [3.63, 3.8) is 0 Å². The lowest BCUT2D eigenvalue weighted by molar-refractivity contribution is -0.109. The highest BCUT2D eigenvalue weighted by Crippen LogP contribution is 2.32. The van der Waals surface area contributed by atoms with E-state index in [1.54, 1.807) is 6.20 Å².